The van der Waals surface area contributed by atoms with Gasteiger partial charge in [-0.15, -0.1) is 0 Å². The highest BCUT2D eigenvalue weighted by atomic mass is 19.1. The summed E-state index contributed by atoms with van der Waals surface area (Å²) in [7, 11) is 0. The lowest BCUT2D eigenvalue weighted by Gasteiger charge is -2.15. The molecule has 0 fully saturated rings. The van der Waals surface area contributed by atoms with Gasteiger partial charge in [0.15, 0.2) is 0 Å². The van der Waals surface area contributed by atoms with Gasteiger partial charge in [0.05, 0.1) is 17.1 Å². The van der Waals surface area contributed by atoms with E-state index in [1.165, 1.54) is 6.07 Å². The number of halogens is 2. The lowest BCUT2D eigenvalue weighted by Crippen LogP contribution is -2.22. The van der Waals surface area contributed by atoms with Crippen molar-refractivity contribution in [2.24, 2.45) is 0 Å². The number of nitrogens with zero attached hydrogens (tertiary/aromatic N) is 2. The molecule has 3 nitrogen and oxygen atoms in total. The highest BCUT2D eigenvalue weighted by Gasteiger charge is 2.16. The number of imidazole rings is 1. The third-order valence-electron chi connectivity index (χ3n) is 3.99. The minimum atomic E-state index is -0.434. The number of aromatic nitrogens is 2. The molecule has 1 aromatic heterocycles. The number of rotatable bonds is 5. The smallest absolute Gasteiger partial charge is 0.127 e. The van der Waals surface area contributed by atoms with Crippen LogP contribution in [0.5, 0.6) is 0 Å². The number of aryl methyl sites for hydroxylation is 1. The monoisotopic (exact) mass is 315 g/mol. The van der Waals surface area contributed by atoms with Gasteiger partial charge in [0, 0.05) is 18.7 Å². The quantitative estimate of drug-likeness (QED) is 0.765. The molecule has 0 spiro atoms. The molecular formula is C18H19F2N3. The molecule has 1 N–H and O–H groups in total. The van der Waals surface area contributed by atoms with Crippen molar-refractivity contribution < 1.29 is 8.78 Å². The maximum Gasteiger partial charge on any atom is 0.127 e. The first-order chi connectivity index (χ1) is 11.1. The van der Waals surface area contributed by atoms with Crippen LogP contribution in [-0.4, -0.2) is 9.55 Å². The molecule has 0 radical (unpaired) electrons. The zero-order chi connectivity index (χ0) is 16.4. The molecule has 120 valence electrons. The van der Waals surface area contributed by atoms with E-state index in [0.29, 0.717) is 5.56 Å². The van der Waals surface area contributed by atoms with Crippen molar-refractivity contribution in [2.45, 2.75) is 33.0 Å². The summed E-state index contributed by atoms with van der Waals surface area (Å²) >= 11 is 0. The summed E-state index contributed by atoms with van der Waals surface area (Å²) in [6.45, 7) is 5.09. The largest absolute Gasteiger partial charge is 0.327 e. The third kappa shape index (κ3) is 3.10. The highest BCUT2D eigenvalue weighted by molar-refractivity contribution is 5.76. The van der Waals surface area contributed by atoms with E-state index in [0.717, 1.165) is 35.5 Å². The summed E-state index contributed by atoms with van der Waals surface area (Å²) in [4.78, 5) is 4.67. The predicted octanol–water partition coefficient (Wildman–Crippen LogP) is 4.19. The van der Waals surface area contributed by atoms with Gasteiger partial charge in [0.2, 0.25) is 0 Å². The molecule has 0 amide bonds. The van der Waals surface area contributed by atoms with Gasteiger partial charge < -0.3 is 9.88 Å². The van der Waals surface area contributed by atoms with Crippen LogP contribution >= 0.6 is 0 Å². The Bertz CT molecular complexity index is 826. The van der Waals surface area contributed by atoms with Crippen LogP contribution in [0.4, 0.5) is 8.78 Å². The van der Waals surface area contributed by atoms with E-state index in [2.05, 4.69) is 21.8 Å². The normalized spacial score (nSPS) is 12.7. The van der Waals surface area contributed by atoms with Crippen LogP contribution in [0.1, 0.15) is 31.3 Å². The molecule has 0 aliphatic heterocycles. The second kappa shape index (κ2) is 6.46. The van der Waals surface area contributed by atoms with Gasteiger partial charge >= 0.3 is 0 Å². The van der Waals surface area contributed by atoms with E-state index in [1.54, 1.807) is 0 Å². The van der Waals surface area contributed by atoms with Crippen LogP contribution in [0.25, 0.3) is 11.0 Å². The van der Waals surface area contributed by atoms with Crippen LogP contribution in [0, 0.1) is 11.6 Å². The molecule has 2 aromatic carbocycles. The van der Waals surface area contributed by atoms with E-state index in [1.807, 2.05) is 31.2 Å². The molecule has 0 aliphatic rings. The van der Waals surface area contributed by atoms with E-state index in [4.69, 9.17) is 0 Å². The van der Waals surface area contributed by atoms with Gasteiger partial charge in [-0.1, -0.05) is 12.1 Å². The second-order valence-corrected chi connectivity index (χ2v) is 5.54. The van der Waals surface area contributed by atoms with Crippen LogP contribution in [0.3, 0.4) is 0 Å². The van der Waals surface area contributed by atoms with Crippen LogP contribution in [-0.2, 0) is 13.1 Å². The van der Waals surface area contributed by atoms with Gasteiger partial charge in [-0.3, -0.25) is 0 Å². The van der Waals surface area contributed by atoms with E-state index in [9.17, 15) is 8.78 Å². The van der Waals surface area contributed by atoms with Gasteiger partial charge in [-0.2, -0.15) is 0 Å². The van der Waals surface area contributed by atoms with Gasteiger partial charge in [-0.25, -0.2) is 13.8 Å². The standard InChI is InChI=1S/C18H19F2N3/c1-3-23-17-7-5-4-6-16(17)22-18(23)12(2)21-11-13-10-14(19)8-9-15(13)20/h4-10,12,21H,3,11H2,1-2H3. The van der Waals surface area contributed by atoms with E-state index < -0.39 is 11.6 Å². The van der Waals surface area contributed by atoms with Crippen molar-refractivity contribution in [1.82, 2.24) is 14.9 Å². The Hall–Kier alpha value is -2.27. The SMILES string of the molecule is CCn1c(C(C)NCc2cc(F)ccc2F)nc2ccccc21. The lowest BCUT2D eigenvalue weighted by molar-refractivity contribution is 0.504. The second-order valence-electron chi connectivity index (χ2n) is 5.54. The Morgan fingerprint density at radius 2 is 1.96 bits per heavy atom. The van der Waals surface area contributed by atoms with Crippen molar-refractivity contribution in [1.29, 1.82) is 0 Å². The average molecular weight is 315 g/mol. The first kappa shape index (κ1) is 15.6. The predicted molar refractivity (Wildman–Crippen MR) is 87.0 cm³/mol. The Morgan fingerprint density at radius 1 is 1.17 bits per heavy atom. The summed E-state index contributed by atoms with van der Waals surface area (Å²) in [6, 6.07) is 11.4. The molecule has 3 rings (SSSR count). The number of benzene rings is 2. The molecule has 1 heterocycles. The average Bonchev–Trinajstić information content (AvgIpc) is 2.94. The van der Waals surface area contributed by atoms with Gasteiger partial charge in [0.25, 0.3) is 0 Å². The number of fused-ring (bicyclic) bond motifs is 1. The molecule has 1 atom stereocenters. The number of hydrogen-bond donors (Lipinski definition) is 1. The Labute approximate surface area is 134 Å². The van der Waals surface area contributed by atoms with Crippen LogP contribution in [0.2, 0.25) is 0 Å². The Morgan fingerprint density at radius 3 is 2.74 bits per heavy atom. The first-order valence-electron chi connectivity index (χ1n) is 7.72. The van der Waals surface area contributed by atoms with Crippen LogP contribution < -0.4 is 5.32 Å². The zero-order valence-electron chi connectivity index (χ0n) is 13.2. The van der Waals surface area contributed by atoms with Crippen LogP contribution in [0.15, 0.2) is 42.5 Å². The summed E-state index contributed by atoms with van der Waals surface area (Å²) < 4.78 is 29.1. The fourth-order valence-corrected chi connectivity index (χ4v) is 2.79. The minimum Gasteiger partial charge on any atom is -0.327 e. The number of nitrogens with one attached hydrogen (secondary N) is 1. The number of hydrogen-bond acceptors (Lipinski definition) is 2. The van der Waals surface area contributed by atoms with Crippen molar-refractivity contribution in [3.8, 4) is 0 Å². The summed E-state index contributed by atoms with van der Waals surface area (Å²) in [5, 5.41) is 3.23. The summed E-state index contributed by atoms with van der Waals surface area (Å²) in [6.07, 6.45) is 0. The van der Waals surface area contributed by atoms with E-state index >= 15 is 0 Å². The summed E-state index contributed by atoms with van der Waals surface area (Å²) in [5.74, 6) is 0.0530. The van der Waals surface area contributed by atoms with Crippen molar-refractivity contribution in [3.63, 3.8) is 0 Å². The minimum absolute atomic E-state index is 0.0787. The summed E-state index contributed by atoms with van der Waals surface area (Å²) in [5.41, 5.74) is 2.33. The lowest BCUT2D eigenvalue weighted by atomic mass is 10.2. The van der Waals surface area contributed by atoms with Crippen molar-refractivity contribution in [2.75, 3.05) is 0 Å². The fourth-order valence-electron chi connectivity index (χ4n) is 2.79. The molecule has 3 aromatic rings. The molecule has 0 saturated carbocycles. The maximum absolute atomic E-state index is 13.7. The van der Waals surface area contributed by atoms with Gasteiger partial charge in [0.1, 0.15) is 17.5 Å². The fraction of sp³-hybridized carbons (Fsp3) is 0.278. The first-order valence-corrected chi connectivity index (χ1v) is 7.72. The molecule has 0 saturated heterocycles. The molecule has 5 heteroatoms. The topological polar surface area (TPSA) is 29.9 Å². The highest BCUT2D eigenvalue weighted by Crippen LogP contribution is 2.21. The van der Waals surface area contributed by atoms with Crippen molar-refractivity contribution >= 4 is 11.0 Å². The molecule has 0 bridgehead atoms. The third-order valence-corrected chi connectivity index (χ3v) is 3.99. The maximum atomic E-state index is 13.7. The van der Waals surface area contributed by atoms with Crippen molar-refractivity contribution in [3.05, 3.63) is 65.5 Å². The Kier molecular flexibility index (Phi) is 4.39. The van der Waals surface area contributed by atoms with Gasteiger partial charge in [-0.05, 0) is 44.2 Å². The molecule has 0 aliphatic carbocycles. The molecular weight excluding hydrogens is 296 g/mol. The molecule has 23 heavy (non-hydrogen) atoms. The Balaban J connectivity index is 1.83. The molecule has 1 unspecified atom stereocenters. The zero-order valence-corrected chi connectivity index (χ0v) is 13.2. The van der Waals surface area contributed by atoms with E-state index in [-0.39, 0.29) is 12.6 Å². The number of para-hydroxylation sites is 2.